The fourth-order valence-corrected chi connectivity index (χ4v) is 4.43. The second-order valence-corrected chi connectivity index (χ2v) is 10.5. The number of nitro groups is 1. The Morgan fingerprint density at radius 1 is 1.13 bits per heavy atom. The highest BCUT2D eigenvalue weighted by atomic mass is 35.5. The molecular weight excluding hydrogens is 524 g/mol. The lowest BCUT2D eigenvalue weighted by Crippen LogP contribution is -2.41. The van der Waals surface area contributed by atoms with Gasteiger partial charge in [-0.15, -0.1) is 0 Å². The van der Waals surface area contributed by atoms with Crippen LogP contribution in [0.3, 0.4) is 0 Å². The van der Waals surface area contributed by atoms with E-state index in [1.807, 2.05) is 39.0 Å². The lowest BCUT2D eigenvalue weighted by molar-refractivity contribution is -0.383. The molecule has 1 amide bonds. The summed E-state index contributed by atoms with van der Waals surface area (Å²) in [5, 5.41) is 17.6. The van der Waals surface area contributed by atoms with Crippen LogP contribution in [0.15, 0.2) is 48.7 Å². The van der Waals surface area contributed by atoms with Crippen molar-refractivity contribution in [1.29, 1.82) is 0 Å². The van der Waals surface area contributed by atoms with Crippen molar-refractivity contribution in [2.75, 3.05) is 30.8 Å². The molecule has 1 saturated heterocycles. The zero-order valence-electron chi connectivity index (χ0n) is 22.2. The zero-order chi connectivity index (χ0) is 28.2. The number of piperidine rings is 1. The van der Waals surface area contributed by atoms with E-state index in [0.717, 1.165) is 18.4 Å². The summed E-state index contributed by atoms with van der Waals surface area (Å²) in [5.41, 5.74) is 1.39. The van der Waals surface area contributed by atoms with E-state index in [1.54, 1.807) is 30.2 Å². The number of likely N-dealkylation sites (tertiary alicyclic amines) is 1. The molecule has 0 spiro atoms. The third kappa shape index (κ3) is 7.05. The first-order valence-electron chi connectivity index (χ1n) is 12.5. The summed E-state index contributed by atoms with van der Waals surface area (Å²) >= 11 is 6.27. The minimum absolute atomic E-state index is 0.101. The van der Waals surface area contributed by atoms with Gasteiger partial charge in [-0.1, -0.05) is 29.8 Å². The van der Waals surface area contributed by atoms with Crippen LogP contribution in [0.25, 0.3) is 0 Å². The minimum Gasteiger partial charge on any atom is -0.495 e. The van der Waals surface area contributed by atoms with Gasteiger partial charge in [-0.2, -0.15) is 4.98 Å². The van der Waals surface area contributed by atoms with Crippen LogP contribution in [0, 0.1) is 10.1 Å². The molecule has 1 fully saturated rings. The summed E-state index contributed by atoms with van der Waals surface area (Å²) in [4.78, 5) is 33.7. The van der Waals surface area contributed by atoms with E-state index >= 15 is 0 Å². The molecule has 2 heterocycles. The number of nitrogens with zero attached hydrogens (tertiary/aromatic N) is 4. The van der Waals surface area contributed by atoms with Crippen LogP contribution in [-0.2, 0) is 4.74 Å². The van der Waals surface area contributed by atoms with E-state index in [0.29, 0.717) is 24.5 Å². The molecule has 0 atom stereocenters. The SMILES string of the molecule is COc1cc(C2CCN(C(=O)OC(C)(C)C)CC2)ccc1Nc1ncc(Cl)c(Nc2ccccc2[N+](=O)[O-])n1. The predicted molar refractivity (Wildman–Crippen MR) is 149 cm³/mol. The highest BCUT2D eigenvalue weighted by Crippen LogP contribution is 2.36. The summed E-state index contributed by atoms with van der Waals surface area (Å²) in [6.07, 6.45) is 2.76. The van der Waals surface area contributed by atoms with Crippen molar-refractivity contribution >= 4 is 46.5 Å². The van der Waals surface area contributed by atoms with Gasteiger partial charge in [-0.05, 0) is 63.3 Å². The molecule has 1 aliphatic heterocycles. The summed E-state index contributed by atoms with van der Waals surface area (Å²) in [5.74, 6) is 1.33. The number of anilines is 4. The molecule has 1 aliphatic rings. The number of ether oxygens (including phenoxy) is 2. The van der Waals surface area contributed by atoms with Crippen LogP contribution < -0.4 is 15.4 Å². The Bertz CT molecular complexity index is 1350. The van der Waals surface area contributed by atoms with Crippen molar-refractivity contribution in [3.8, 4) is 5.75 Å². The van der Waals surface area contributed by atoms with Gasteiger partial charge < -0.3 is 25.0 Å². The van der Waals surface area contributed by atoms with E-state index in [2.05, 4.69) is 20.6 Å². The van der Waals surface area contributed by atoms with Crippen LogP contribution in [0.5, 0.6) is 5.75 Å². The number of nitro benzene ring substituents is 1. The number of benzene rings is 2. The normalized spacial score (nSPS) is 14.0. The lowest BCUT2D eigenvalue weighted by Gasteiger charge is -2.33. The molecule has 0 saturated carbocycles. The maximum Gasteiger partial charge on any atom is 0.410 e. The first kappa shape index (κ1) is 27.9. The van der Waals surface area contributed by atoms with Crippen molar-refractivity contribution in [1.82, 2.24) is 14.9 Å². The standard InChI is InChI=1S/C27H31ClN6O5/c1-27(2,3)39-26(35)33-13-11-17(12-14-33)18-9-10-21(23(15-18)38-4)31-25-29-16-19(28)24(32-25)30-20-7-5-6-8-22(20)34(36)37/h5-10,15-17H,11-14H2,1-4H3,(H2,29,30,31,32). The van der Waals surface area contributed by atoms with Crippen molar-refractivity contribution < 1.29 is 19.2 Å². The maximum atomic E-state index is 12.4. The number of carbonyl (C=O) groups is 1. The number of methoxy groups -OCH3 is 1. The quantitative estimate of drug-likeness (QED) is 0.243. The molecule has 4 rings (SSSR count). The molecule has 1 aromatic heterocycles. The van der Waals surface area contributed by atoms with Gasteiger partial charge in [0.1, 0.15) is 22.1 Å². The Morgan fingerprint density at radius 2 is 1.85 bits per heavy atom. The third-order valence-corrected chi connectivity index (χ3v) is 6.46. The highest BCUT2D eigenvalue weighted by Gasteiger charge is 2.28. The second kappa shape index (κ2) is 11.7. The number of hydrogen-bond acceptors (Lipinski definition) is 9. The van der Waals surface area contributed by atoms with Gasteiger partial charge in [0.25, 0.3) is 5.69 Å². The molecule has 12 heteroatoms. The summed E-state index contributed by atoms with van der Waals surface area (Å²) in [6, 6.07) is 12.1. The van der Waals surface area contributed by atoms with E-state index in [4.69, 9.17) is 21.1 Å². The number of amides is 1. The summed E-state index contributed by atoms with van der Waals surface area (Å²) in [7, 11) is 1.58. The van der Waals surface area contributed by atoms with Gasteiger partial charge >= 0.3 is 6.09 Å². The fraction of sp³-hybridized carbons (Fsp3) is 0.370. The molecule has 206 valence electrons. The van der Waals surface area contributed by atoms with Crippen LogP contribution in [-0.4, -0.2) is 51.7 Å². The molecule has 2 aromatic carbocycles. The number of para-hydroxylation sites is 2. The third-order valence-electron chi connectivity index (χ3n) is 6.19. The van der Waals surface area contributed by atoms with Gasteiger partial charge in [-0.25, -0.2) is 9.78 Å². The topological polar surface area (TPSA) is 132 Å². The predicted octanol–water partition coefficient (Wildman–Crippen LogP) is 6.65. The number of aromatic nitrogens is 2. The number of nitrogens with one attached hydrogen (secondary N) is 2. The summed E-state index contributed by atoms with van der Waals surface area (Å²) < 4.78 is 11.1. The molecule has 11 nitrogen and oxygen atoms in total. The van der Waals surface area contributed by atoms with Gasteiger partial charge in [0.05, 0.1) is 23.9 Å². The van der Waals surface area contributed by atoms with E-state index in [9.17, 15) is 14.9 Å². The van der Waals surface area contributed by atoms with Crippen LogP contribution in [0.1, 0.15) is 45.1 Å². The smallest absolute Gasteiger partial charge is 0.410 e. The van der Waals surface area contributed by atoms with Gasteiger partial charge in [0.15, 0.2) is 5.82 Å². The van der Waals surface area contributed by atoms with Gasteiger partial charge in [0, 0.05) is 19.2 Å². The van der Waals surface area contributed by atoms with Crippen molar-refractivity contribution in [3.05, 3.63) is 69.4 Å². The average Bonchev–Trinajstić information content (AvgIpc) is 2.90. The molecule has 0 unspecified atom stereocenters. The largest absolute Gasteiger partial charge is 0.495 e. The minimum atomic E-state index is -0.520. The molecule has 39 heavy (non-hydrogen) atoms. The number of halogens is 1. The number of carbonyl (C=O) groups excluding carboxylic acids is 1. The highest BCUT2D eigenvalue weighted by molar-refractivity contribution is 6.33. The number of hydrogen-bond donors (Lipinski definition) is 2. The van der Waals surface area contributed by atoms with Crippen molar-refractivity contribution in [2.45, 2.75) is 45.1 Å². The Labute approximate surface area is 231 Å². The molecule has 3 aromatic rings. The van der Waals surface area contributed by atoms with Crippen LogP contribution in [0.4, 0.5) is 33.6 Å². The monoisotopic (exact) mass is 554 g/mol. The van der Waals surface area contributed by atoms with E-state index in [1.165, 1.54) is 12.3 Å². The Balaban J connectivity index is 1.46. The molecule has 0 aliphatic carbocycles. The lowest BCUT2D eigenvalue weighted by atomic mass is 9.89. The molecule has 2 N–H and O–H groups in total. The zero-order valence-corrected chi connectivity index (χ0v) is 23.0. The average molecular weight is 555 g/mol. The van der Waals surface area contributed by atoms with Crippen LogP contribution >= 0.6 is 11.6 Å². The van der Waals surface area contributed by atoms with Crippen LogP contribution in [0.2, 0.25) is 5.02 Å². The van der Waals surface area contributed by atoms with E-state index < -0.39 is 10.5 Å². The Kier molecular flexibility index (Phi) is 8.39. The first-order chi connectivity index (χ1) is 18.5. The second-order valence-electron chi connectivity index (χ2n) is 10.1. The van der Waals surface area contributed by atoms with Crippen molar-refractivity contribution in [3.63, 3.8) is 0 Å². The van der Waals surface area contributed by atoms with Crippen molar-refractivity contribution in [2.24, 2.45) is 0 Å². The summed E-state index contributed by atoms with van der Waals surface area (Å²) in [6.45, 7) is 6.83. The molecule has 0 radical (unpaired) electrons. The van der Waals surface area contributed by atoms with Gasteiger partial charge in [0.2, 0.25) is 5.95 Å². The Hall–Kier alpha value is -4.12. The van der Waals surface area contributed by atoms with E-state index in [-0.39, 0.29) is 40.2 Å². The fourth-order valence-electron chi connectivity index (χ4n) is 4.29. The molecule has 0 bridgehead atoms. The Morgan fingerprint density at radius 3 is 2.51 bits per heavy atom. The maximum absolute atomic E-state index is 12.4. The van der Waals surface area contributed by atoms with Gasteiger partial charge in [-0.3, -0.25) is 10.1 Å². The number of rotatable bonds is 7. The molecular formula is C27H31ClN6O5. The first-order valence-corrected chi connectivity index (χ1v) is 12.9.